The second-order valence-corrected chi connectivity index (χ2v) is 8.36. The summed E-state index contributed by atoms with van der Waals surface area (Å²) in [5, 5.41) is 5.58. The Hall–Kier alpha value is -1.56. The fraction of sp³-hybridized carbons (Fsp3) is 0.562. The van der Waals surface area contributed by atoms with Gasteiger partial charge in [-0.15, -0.1) is 0 Å². The number of rotatable bonds is 6. The molecular formula is C16H24N2O3S. The van der Waals surface area contributed by atoms with Crippen LogP contribution in [0, 0.1) is 0 Å². The lowest BCUT2D eigenvalue weighted by Gasteiger charge is -2.14. The zero-order chi connectivity index (χ0) is 16.2. The molecule has 0 saturated carbocycles. The topological polar surface area (TPSA) is 75.3 Å². The summed E-state index contributed by atoms with van der Waals surface area (Å²) in [6.45, 7) is 2.29. The summed E-state index contributed by atoms with van der Waals surface area (Å²) in [4.78, 5) is 11.8. The summed E-state index contributed by atoms with van der Waals surface area (Å²) in [6.07, 6.45) is 5.11. The van der Waals surface area contributed by atoms with Crippen molar-refractivity contribution in [2.24, 2.45) is 0 Å². The lowest BCUT2D eigenvalue weighted by Crippen LogP contribution is -2.41. The molecule has 0 heterocycles. The Bertz CT molecular complexity index is 641. The van der Waals surface area contributed by atoms with Gasteiger partial charge in [0.1, 0.15) is 9.84 Å². The van der Waals surface area contributed by atoms with Crippen LogP contribution in [0.25, 0.3) is 0 Å². The van der Waals surface area contributed by atoms with Crippen LogP contribution in [-0.4, -0.2) is 32.5 Å². The van der Waals surface area contributed by atoms with Crippen LogP contribution in [0.4, 0.5) is 4.79 Å². The van der Waals surface area contributed by atoms with Crippen LogP contribution in [0.15, 0.2) is 18.2 Å². The number of amides is 2. The SMILES string of the molecule is C[C@@H](CCS(C)(=O)=O)NC(=O)NCc1ccc2c(c1)CCC2. The molecule has 0 saturated heterocycles. The van der Waals surface area contributed by atoms with Gasteiger partial charge in [0.05, 0.1) is 5.75 Å². The van der Waals surface area contributed by atoms with Crippen molar-refractivity contribution in [1.29, 1.82) is 0 Å². The first-order valence-corrected chi connectivity index (χ1v) is 9.72. The average Bonchev–Trinajstić information content (AvgIpc) is 2.89. The minimum atomic E-state index is -2.99. The molecule has 1 aliphatic rings. The average molecular weight is 324 g/mol. The Morgan fingerprint density at radius 3 is 2.73 bits per heavy atom. The minimum absolute atomic E-state index is 0.0826. The van der Waals surface area contributed by atoms with Crippen molar-refractivity contribution >= 4 is 15.9 Å². The highest BCUT2D eigenvalue weighted by molar-refractivity contribution is 7.90. The summed E-state index contributed by atoms with van der Waals surface area (Å²) in [5.41, 5.74) is 3.91. The molecule has 0 bridgehead atoms. The van der Waals surface area contributed by atoms with Gasteiger partial charge in [-0.3, -0.25) is 0 Å². The second kappa shape index (κ2) is 7.13. The van der Waals surface area contributed by atoms with E-state index in [0.717, 1.165) is 18.4 Å². The number of urea groups is 1. The maximum atomic E-state index is 11.8. The van der Waals surface area contributed by atoms with Crippen molar-refractivity contribution in [1.82, 2.24) is 10.6 Å². The number of hydrogen-bond acceptors (Lipinski definition) is 3. The van der Waals surface area contributed by atoms with Crippen LogP contribution in [0.1, 0.15) is 36.5 Å². The summed E-state index contributed by atoms with van der Waals surface area (Å²) < 4.78 is 22.2. The van der Waals surface area contributed by atoms with E-state index in [0.29, 0.717) is 13.0 Å². The zero-order valence-corrected chi connectivity index (χ0v) is 14.0. The second-order valence-electron chi connectivity index (χ2n) is 6.10. The van der Waals surface area contributed by atoms with Gasteiger partial charge in [-0.1, -0.05) is 18.2 Å². The first-order chi connectivity index (χ1) is 10.3. The number of fused-ring (bicyclic) bond motifs is 1. The Labute approximate surface area is 132 Å². The van der Waals surface area contributed by atoms with Crippen molar-refractivity contribution < 1.29 is 13.2 Å². The predicted molar refractivity (Wildman–Crippen MR) is 87.6 cm³/mol. The fourth-order valence-corrected chi connectivity index (χ4v) is 3.44. The number of nitrogens with one attached hydrogen (secondary N) is 2. The molecule has 1 aromatic carbocycles. The summed E-state index contributed by atoms with van der Waals surface area (Å²) >= 11 is 0. The smallest absolute Gasteiger partial charge is 0.315 e. The highest BCUT2D eigenvalue weighted by Gasteiger charge is 2.12. The molecule has 2 amide bonds. The van der Waals surface area contributed by atoms with Gasteiger partial charge in [0.15, 0.2) is 0 Å². The number of sulfone groups is 1. The zero-order valence-electron chi connectivity index (χ0n) is 13.2. The molecule has 122 valence electrons. The molecule has 0 aliphatic heterocycles. The molecule has 5 nitrogen and oxygen atoms in total. The molecule has 1 aliphatic carbocycles. The molecule has 0 unspecified atom stereocenters. The predicted octanol–water partition coefficient (Wildman–Crippen LogP) is 1.80. The van der Waals surface area contributed by atoms with Crippen molar-refractivity contribution in [3.63, 3.8) is 0 Å². The lowest BCUT2D eigenvalue weighted by molar-refractivity contribution is 0.237. The van der Waals surface area contributed by atoms with E-state index in [-0.39, 0.29) is 17.8 Å². The summed E-state index contributed by atoms with van der Waals surface area (Å²) in [6, 6.07) is 5.93. The first-order valence-electron chi connectivity index (χ1n) is 7.66. The van der Waals surface area contributed by atoms with E-state index in [2.05, 4.69) is 28.8 Å². The van der Waals surface area contributed by atoms with Crippen LogP contribution < -0.4 is 10.6 Å². The van der Waals surface area contributed by atoms with E-state index in [4.69, 9.17) is 0 Å². The van der Waals surface area contributed by atoms with Gasteiger partial charge in [-0.25, -0.2) is 13.2 Å². The maximum absolute atomic E-state index is 11.8. The van der Waals surface area contributed by atoms with E-state index in [1.807, 2.05) is 0 Å². The van der Waals surface area contributed by atoms with Crippen LogP contribution in [0.3, 0.4) is 0 Å². The van der Waals surface area contributed by atoms with Gasteiger partial charge >= 0.3 is 6.03 Å². The Morgan fingerprint density at radius 1 is 1.27 bits per heavy atom. The lowest BCUT2D eigenvalue weighted by atomic mass is 10.1. The molecule has 2 N–H and O–H groups in total. The van der Waals surface area contributed by atoms with Crippen LogP contribution >= 0.6 is 0 Å². The quantitative estimate of drug-likeness (QED) is 0.838. The Morgan fingerprint density at radius 2 is 2.00 bits per heavy atom. The third-order valence-corrected chi connectivity index (χ3v) is 4.89. The third-order valence-electron chi connectivity index (χ3n) is 3.92. The Balaban J connectivity index is 1.75. The summed E-state index contributed by atoms with van der Waals surface area (Å²) in [5.74, 6) is 0.0826. The molecule has 0 aromatic heterocycles. The van der Waals surface area contributed by atoms with Crippen LogP contribution in [-0.2, 0) is 29.2 Å². The molecule has 0 fully saturated rings. The van der Waals surface area contributed by atoms with Crippen molar-refractivity contribution in [3.8, 4) is 0 Å². The monoisotopic (exact) mass is 324 g/mol. The largest absolute Gasteiger partial charge is 0.336 e. The molecule has 22 heavy (non-hydrogen) atoms. The number of benzene rings is 1. The minimum Gasteiger partial charge on any atom is -0.336 e. The first kappa shape index (κ1) is 16.8. The van der Waals surface area contributed by atoms with E-state index in [1.165, 1.54) is 23.8 Å². The van der Waals surface area contributed by atoms with E-state index < -0.39 is 9.84 Å². The highest BCUT2D eigenvalue weighted by Crippen LogP contribution is 2.22. The van der Waals surface area contributed by atoms with Gasteiger partial charge < -0.3 is 10.6 Å². The Kier molecular flexibility index (Phi) is 5.45. The van der Waals surface area contributed by atoms with Crippen molar-refractivity contribution in [2.75, 3.05) is 12.0 Å². The molecule has 0 radical (unpaired) electrons. The van der Waals surface area contributed by atoms with Crippen molar-refractivity contribution in [3.05, 3.63) is 34.9 Å². The van der Waals surface area contributed by atoms with Crippen LogP contribution in [0.5, 0.6) is 0 Å². The third kappa shape index (κ3) is 5.33. The number of aryl methyl sites for hydroxylation is 2. The molecule has 6 heteroatoms. The van der Waals surface area contributed by atoms with E-state index >= 15 is 0 Å². The fourth-order valence-electron chi connectivity index (χ4n) is 2.66. The number of hydrogen-bond donors (Lipinski definition) is 2. The summed E-state index contributed by atoms with van der Waals surface area (Å²) in [7, 11) is -2.99. The van der Waals surface area contributed by atoms with Gasteiger partial charge in [-0.05, 0) is 49.3 Å². The van der Waals surface area contributed by atoms with Gasteiger partial charge in [0, 0.05) is 18.8 Å². The van der Waals surface area contributed by atoms with Crippen LogP contribution in [0.2, 0.25) is 0 Å². The number of carbonyl (C=O) groups excluding carboxylic acids is 1. The molecule has 1 aromatic rings. The molecular weight excluding hydrogens is 300 g/mol. The standard InChI is InChI=1S/C16H24N2O3S/c1-12(8-9-22(2,20)21)18-16(19)17-11-13-6-7-14-4-3-5-15(14)10-13/h6-7,10,12H,3-5,8-9,11H2,1-2H3,(H2,17,18,19)/t12-/m0/s1. The normalized spacial score (nSPS) is 15.2. The molecule has 0 spiro atoms. The van der Waals surface area contributed by atoms with Gasteiger partial charge in [0.25, 0.3) is 0 Å². The van der Waals surface area contributed by atoms with Crippen molar-refractivity contribution in [2.45, 2.75) is 45.2 Å². The van der Waals surface area contributed by atoms with E-state index in [9.17, 15) is 13.2 Å². The molecule has 1 atom stereocenters. The highest BCUT2D eigenvalue weighted by atomic mass is 32.2. The maximum Gasteiger partial charge on any atom is 0.315 e. The number of carbonyl (C=O) groups is 1. The van der Waals surface area contributed by atoms with Gasteiger partial charge in [-0.2, -0.15) is 0 Å². The van der Waals surface area contributed by atoms with Gasteiger partial charge in [0.2, 0.25) is 0 Å². The molecule has 2 rings (SSSR count). The van der Waals surface area contributed by atoms with E-state index in [1.54, 1.807) is 6.92 Å².